The number of hydrogen-bond donors (Lipinski definition) is 2. The molecule has 3 fully saturated rings. The van der Waals surface area contributed by atoms with Crippen LogP contribution in [-0.2, 0) is 33.5 Å². The van der Waals surface area contributed by atoms with Gasteiger partial charge in [-0.25, -0.2) is 0 Å². The zero-order chi connectivity index (χ0) is 13.7. The molecule has 1 aromatic carbocycles. The summed E-state index contributed by atoms with van der Waals surface area (Å²) in [6.45, 7) is 2.34. The minimum atomic E-state index is 0.228. The van der Waals surface area contributed by atoms with Crippen LogP contribution in [0.25, 0.3) is 0 Å². The summed E-state index contributed by atoms with van der Waals surface area (Å²) in [6.07, 6.45) is 2.97. The van der Waals surface area contributed by atoms with Gasteiger partial charge in [0.1, 0.15) is 5.75 Å². The number of aromatic hydroxyl groups is 1. The van der Waals surface area contributed by atoms with Crippen LogP contribution >= 0.6 is 0 Å². The van der Waals surface area contributed by atoms with E-state index in [4.69, 9.17) is 19.9 Å². The van der Waals surface area contributed by atoms with Crippen molar-refractivity contribution in [3.05, 3.63) is 22.8 Å². The fourth-order valence-corrected chi connectivity index (χ4v) is 2.73. The molecule has 0 bridgehead atoms. The summed E-state index contributed by atoms with van der Waals surface area (Å²) < 4.78 is 15.9. The van der Waals surface area contributed by atoms with Crippen molar-refractivity contribution in [2.24, 2.45) is 0 Å². The van der Waals surface area contributed by atoms with Crippen molar-refractivity contribution in [2.45, 2.75) is 37.6 Å². The van der Waals surface area contributed by atoms with Gasteiger partial charge in [0.25, 0.3) is 0 Å². The van der Waals surface area contributed by atoms with Crippen molar-refractivity contribution in [2.75, 3.05) is 25.6 Å². The second kappa shape index (κ2) is 4.62. The van der Waals surface area contributed by atoms with Crippen LogP contribution in [0, 0.1) is 0 Å². The van der Waals surface area contributed by atoms with E-state index < -0.39 is 0 Å². The number of nitrogens with two attached hydrogens (primary N) is 1. The van der Waals surface area contributed by atoms with Crippen LogP contribution in [-0.4, -0.2) is 43.2 Å². The predicted octanol–water partition coefficient (Wildman–Crippen LogP) is 0.798. The molecule has 3 aliphatic rings. The van der Waals surface area contributed by atoms with Gasteiger partial charge in [-0.05, 0) is 17.2 Å². The smallest absolute Gasteiger partial charge is 0.122 e. The van der Waals surface area contributed by atoms with Gasteiger partial charge in [-0.1, -0.05) is 0 Å². The number of phenolic OH excluding ortho intramolecular Hbond substituents is 1. The Hall–Kier alpha value is -1.30. The van der Waals surface area contributed by atoms with Gasteiger partial charge >= 0.3 is 0 Å². The molecule has 3 aliphatic heterocycles. The highest BCUT2D eigenvalue weighted by atomic mass is 16.6. The van der Waals surface area contributed by atoms with Crippen molar-refractivity contribution >= 4 is 5.69 Å². The third-order valence-electron chi connectivity index (χ3n) is 4.15. The van der Waals surface area contributed by atoms with E-state index in [1.807, 2.05) is 6.07 Å². The Kier molecular flexibility index (Phi) is 2.87. The molecule has 0 aliphatic carbocycles. The molecular formula is C15H19NO4. The van der Waals surface area contributed by atoms with Crippen LogP contribution in [0.2, 0.25) is 0 Å². The lowest BCUT2D eigenvalue weighted by Gasteiger charge is -2.16. The number of epoxide rings is 3. The first kappa shape index (κ1) is 12.4. The first-order chi connectivity index (χ1) is 9.70. The summed E-state index contributed by atoms with van der Waals surface area (Å²) in [5.74, 6) is 0.376. The quantitative estimate of drug-likeness (QED) is 0.456. The molecule has 0 aromatic heterocycles. The van der Waals surface area contributed by atoms with E-state index >= 15 is 0 Å². The molecule has 3 atom stereocenters. The van der Waals surface area contributed by atoms with E-state index in [1.165, 1.54) is 0 Å². The first-order valence-electron chi connectivity index (χ1n) is 7.17. The second-order valence-electron chi connectivity index (χ2n) is 5.91. The summed E-state index contributed by atoms with van der Waals surface area (Å²) in [7, 11) is 0. The Labute approximate surface area is 117 Å². The van der Waals surface area contributed by atoms with Crippen LogP contribution in [0.15, 0.2) is 6.07 Å². The number of rotatable bonds is 6. The fourth-order valence-electron chi connectivity index (χ4n) is 2.73. The summed E-state index contributed by atoms with van der Waals surface area (Å²) in [4.78, 5) is 0. The standard InChI is InChI=1S/C15H19NO4/c16-14-2-8(1-9-5-18-9)15(17)13(4-11-7-20-11)12(14)3-10-6-19-10/h2,9-11,17H,1,3-7,16H2. The molecule has 3 heterocycles. The number of hydrogen-bond acceptors (Lipinski definition) is 5. The normalized spacial score (nSPS) is 30.3. The minimum absolute atomic E-state index is 0.228. The Balaban J connectivity index is 1.68. The molecule has 3 saturated heterocycles. The van der Waals surface area contributed by atoms with Gasteiger partial charge in [-0.15, -0.1) is 0 Å². The van der Waals surface area contributed by atoms with Crippen LogP contribution in [0.1, 0.15) is 16.7 Å². The highest BCUT2D eigenvalue weighted by Crippen LogP contribution is 2.37. The van der Waals surface area contributed by atoms with Gasteiger partial charge in [0.15, 0.2) is 0 Å². The van der Waals surface area contributed by atoms with Crippen molar-refractivity contribution < 1.29 is 19.3 Å². The van der Waals surface area contributed by atoms with E-state index in [-0.39, 0.29) is 18.3 Å². The van der Waals surface area contributed by atoms with Gasteiger partial charge in [0.05, 0.1) is 38.1 Å². The third-order valence-corrected chi connectivity index (χ3v) is 4.15. The molecule has 3 unspecified atom stereocenters. The van der Waals surface area contributed by atoms with E-state index in [1.54, 1.807) is 0 Å². The highest BCUT2D eigenvalue weighted by Gasteiger charge is 2.32. The predicted molar refractivity (Wildman–Crippen MR) is 72.9 cm³/mol. The monoisotopic (exact) mass is 277 g/mol. The van der Waals surface area contributed by atoms with Gasteiger partial charge < -0.3 is 25.1 Å². The van der Waals surface area contributed by atoms with Crippen molar-refractivity contribution in [1.29, 1.82) is 0 Å². The number of benzene rings is 1. The van der Waals surface area contributed by atoms with Crippen LogP contribution in [0.5, 0.6) is 5.75 Å². The minimum Gasteiger partial charge on any atom is -0.507 e. The Morgan fingerprint density at radius 3 is 2.00 bits per heavy atom. The topological polar surface area (TPSA) is 83.8 Å². The lowest BCUT2D eigenvalue weighted by atomic mass is 9.92. The molecule has 0 saturated carbocycles. The average Bonchev–Trinajstić information content (AvgIpc) is 3.22. The number of phenols is 1. The van der Waals surface area contributed by atoms with Gasteiger partial charge in [-0.2, -0.15) is 0 Å². The summed E-state index contributed by atoms with van der Waals surface area (Å²) >= 11 is 0. The molecule has 1 aromatic rings. The lowest BCUT2D eigenvalue weighted by Crippen LogP contribution is -2.09. The Morgan fingerprint density at radius 1 is 0.950 bits per heavy atom. The molecule has 108 valence electrons. The van der Waals surface area contributed by atoms with E-state index in [0.29, 0.717) is 5.75 Å². The highest BCUT2D eigenvalue weighted by molar-refractivity contribution is 5.61. The van der Waals surface area contributed by atoms with E-state index in [2.05, 4.69) is 0 Å². The maximum Gasteiger partial charge on any atom is 0.122 e. The molecule has 20 heavy (non-hydrogen) atoms. The van der Waals surface area contributed by atoms with Crippen LogP contribution in [0.4, 0.5) is 5.69 Å². The number of nitrogen functional groups attached to an aromatic ring is 1. The Morgan fingerprint density at radius 2 is 1.45 bits per heavy atom. The van der Waals surface area contributed by atoms with Gasteiger partial charge in [-0.3, -0.25) is 0 Å². The summed E-state index contributed by atoms with van der Waals surface area (Å²) in [5.41, 5.74) is 9.83. The van der Waals surface area contributed by atoms with E-state index in [9.17, 15) is 5.11 Å². The average molecular weight is 277 g/mol. The summed E-state index contributed by atoms with van der Waals surface area (Å²) in [6, 6.07) is 1.89. The van der Waals surface area contributed by atoms with Crippen molar-refractivity contribution in [3.63, 3.8) is 0 Å². The van der Waals surface area contributed by atoms with Gasteiger partial charge in [0.2, 0.25) is 0 Å². The molecular weight excluding hydrogens is 258 g/mol. The largest absolute Gasteiger partial charge is 0.507 e. The van der Waals surface area contributed by atoms with Crippen LogP contribution in [0.3, 0.4) is 0 Å². The molecule has 5 nitrogen and oxygen atoms in total. The molecule has 0 amide bonds. The molecule has 0 radical (unpaired) electrons. The second-order valence-corrected chi connectivity index (χ2v) is 5.91. The number of anilines is 1. The molecule has 0 spiro atoms. The maximum atomic E-state index is 10.6. The summed E-state index contributed by atoms with van der Waals surface area (Å²) in [5, 5.41) is 10.6. The zero-order valence-corrected chi connectivity index (χ0v) is 11.3. The molecule has 4 rings (SSSR count). The number of ether oxygens (including phenoxy) is 3. The first-order valence-corrected chi connectivity index (χ1v) is 7.17. The lowest BCUT2D eigenvalue weighted by molar-refractivity contribution is 0.391. The third kappa shape index (κ3) is 2.61. The van der Waals surface area contributed by atoms with E-state index in [0.717, 1.165) is 61.5 Å². The molecule has 3 N–H and O–H groups in total. The SMILES string of the molecule is Nc1cc(CC2CO2)c(O)c(CC2CO2)c1CC1CO1. The van der Waals surface area contributed by atoms with Gasteiger partial charge in [0, 0.05) is 30.5 Å². The van der Waals surface area contributed by atoms with Crippen molar-refractivity contribution in [3.8, 4) is 5.75 Å². The Bertz CT molecular complexity index is 533. The maximum absolute atomic E-state index is 10.6. The molecule has 5 heteroatoms. The fraction of sp³-hybridized carbons (Fsp3) is 0.600. The van der Waals surface area contributed by atoms with Crippen molar-refractivity contribution in [1.82, 2.24) is 0 Å². The van der Waals surface area contributed by atoms with Crippen LogP contribution < -0.4 is 5.73 Å². The zero-order valence-electron chi connectivity index (χ0n) is 11.3.